The lowest BCUT2D eigenvalue weighted by molar-refractivity contribution is -0.147. The highest BCUT2D eigenvalue weighted by atomic mass is 32.2. The van der Waals surface area contributed by atoms with Crippen LogP contribution in [0, 0.1) is 13.8 Å². The number of esters is 1. The number of benzene rings is 1. The Morgan fingerprint density at radius 2 is 2.00 bits per heavy atom. The monoisotopic (exact) mass is 477 g/mol. The first-order valence-electron chi connectivity index (χ1n) is 9.62. The lowest BCUT2D eigenvalue weighted by Gasteiger charge is -2.08. The molecule has 3 aromatic rings. The van der Waals surface area contributed by atoms with Crippen molar-refractivity contribution < 1.29 is 22.7 Å². The summed E-state index contributed by atoms with van der Waals surface area (Å²) in [5, 5.41) is 5.41. The molecule has 0 saturated heterocycles. The second kappa shape index (κ2) is 10.0. The van der Waals surface area contributed by atoms with E-state index in [0.717, 1.165) is 16.3 Å². The zero-order valence-electron chi connectivity index (χ0n) is 17.8. The molecule has 0 spiro atoms. The van der Waals surface area contributed by atoms with Crippen LogP contribution in [0.25, 0.3) is 11.3 Å². The van der Waals surface area contributed by atoms with Crippen molar-refractivity contribution in [3.8, 4) is 11.3 Å². The van der Waals surface area contributed by atoms with E-state index in [0.29, 0.717) is 11.5 Å². The van der Waals surface area contributed by atoms with E-state index in [9.17, 15) is 18.0 Å². The predicted octanol–water partition coefficient (Wildman–Crippen LogP) is 2.01. The van der Waals surface area contributed by atoms with Crippen molar-refractivity contribution in [2.24, 2.45) is 7.05 Å². The van der Waals surface area contributed by atoms with Crippen molar-refractivity contribution in [1.82, 2.24) is 19.3 Å². The van der Waals surface area contributed by atoms with Gasteiger partial charge >= 0.3 is 5.97 Å². The number of carbonyl (C=O) groups is 2. The van der Waals surface area contributed by atoms with Gasteiger partial charge in [-0.1, -0.05) is 12.1 Å². The number of thiazole rings is 1. The number of nitrogens with one attached hydrogen (secondary N) is 2. The van der Waals surface area contributed by atoms with Crippen LogP contribution in [0.1, 0.15) is 17.3 Å². The van der Waals surface area contributed by atoms with Crippen LogP contribution < -0.4 is 10.0 Å². The molecule has 0 bridgehead atoms. The normalized spacial score (nSPS) is 11.3. The van der Waals surface area contributed by atoms with Crippen LogP contribution in [0.5, 0.6) is 0 Å². The van der Waals surface area contributed by atoms with Gasteiger partial charge in [-0.3, -0.25) is 9.59 Å². The molecule has 12 heteroatoms. The van der Waals surface area contributed by atoms with Crippen molar-refractivity contribution in [3.63, 3.8) is 0 Å². The zero-order chi connectivity index (χ0) is 23.3. The van der Waals surface area contributed by atoms with E-state index in [4.69, 9.17) is 4.74 Å². The summed E-state index contributed by atoms with van der Waals surface area (Å²) < 4.78 is 33.1. The maximum absolute atomic E-state index is 12.2. The van der Waals surface area contributed by atoms with Crippen LogP contribution >= 0.6 is 11.3 Å². The zero-order valence-corrected chi connectivity index (χ0v) is 19.4. The fraction of sp³-hybridized carbons (Fsp3) is 0.300. The first-order valence-corrected chi connectivity index (χ1v) is 12.0. The standard InChI is InChI=1S/C20H23N5O5S2/c1-13-22-19(10-25(13)3)32(28,29)21-8-7-20(27)30-11-18(26)24-16-6-4-5-15(9-16)17-12-31-14(2)23-17/h4-6,9-10,12,21H,7-8,11H2,1-3H3,(H,24,26). The van der Waals surface area contributed by atoms with Gasteiger partial charge in [0.15, 0.2) is 11.6 Å². The van der Waals surface area contributed by atoms with Gasteiger partial charge in [0.05, 0.1) is 17.1 Å². The Morgan fingerprint density at radius 1 is 1.22 bits per heavy atom. The quantitative estimate of drug-likeness (QED) is 0.451. The van der Waals surface area contributed by atoms with E-state index in [1.165, 1.54) is 17.5 Å². The summed E-state index contributed by atoms with van der Waals surface area (Å²) in [7, 11) is -2.15. The van der Waals surface area contributed by atoms with Gasteiger partial charge in [0, 0.05) is 36.4 Å². The lowest BCUT2D eigenvalue weighted by atomic mass is 10.1. The summed E-state index contributed by atoms with van der Waals surface area (Å²) in [5.74, 6) is -0.663. The highest BCUT2D eigenvalue weighted by Gasteiger charge is 2.19. The van der Waals surface area contributed by atoms with Gasteiger partial charge in [0.2, 0.25) is 0 Å². The highest BCUT2D eigenvalue weighted by Crippen LogP contribution is 2.24. The molecular formula is C20H23N5O5S2. The predicted molar refractivity (Wildman–Crippen MR) is 120 cm³/mol. The first-order chi connectivity index (χ1) is 15.1. The Kier molecular flexibility index (Phi) is 7.38. The van der Waals surface area contributed by atoms with Gasteiger partial charge in [-0.2, -0.15) is 0 Å². The number of anilines is 1. The largest absolute Gasteiger partial charge is 0.456 e. The van der Waals surface area contributed by atoms with Gasteiger partial charge < -0.3 is 14.6 Å². The number of imidazole rings is 1. The van der Waals surface area contributed by atoms with E-state index in [1.807, 2.05) is 18.4 Å². The molecule has 0 aliphatic heterocycles. The molecule has 0 radical (unpaired) electrons. The molecule has 2 heterocycles. The number of aryl methyl sites for hydroxylation is 3. The van der Waals surface area contributed by atoms with E-state index < -0.39 is 28.5 Å². The average molecular weight is 478 g/mol. The molecule has 0 saturated carbocycles. The molecule has 0 fully saturated rings. The molecule has 2 N–H and O–H groups in total. The Labute approximate surface area is 189 Å². The molecule has 0 aliphatic carbocycles. The second-order valence-corrected chi connectivity index (χ2v) is 9.70. The maximum atomic E-state index is 12.2. The number of nitrogens with zero attached hydrogens (tertiary/aromatic N) is 3. The first kappa shape index (κ1) is 23.6. The van der Waals surface area contributed by atoms with Crippen LogP contribution in [0.4, 0.5) is 5.69 Å². The fourth-order valence-electron chi connectivity index (χ4n) is 2.68. The topological polar surface area (TPSA) is 132 Å². The number of sulfonamides is 1. The van der Waals surface area contributed by atoms with Gasteiger partial charge in [0.1, 0.15) is 5.82 Å². The Hall–Kier alpha value is -3.09. The number of carbonyl (C=O) groups excluding carboxylic acids is 2. The number of rotatable bonds is 9. The van der Waals surface area contributed by atoms with Crippen LogP contribution in [0.15, 0.2) is 40.9 Å². The summed E-state index contributed by atoms with van der Waals surface area (Å²) in [6.07, 6.45) is 1.15. The third kappa shape index (κ3) is 6.22. The Morgan fingerprint density at radius 3 is 2.66 bits per heavy atom. The molecule has 0 aliphatic rings. The molecule has 0 unspecified atom stereocenters. The second-order valence-electron chi connectivity index (χ2n) is 6.93. The van der Waals surface area contributed by atoms with Crippen LogP contribution in [-0.4, -0.2) is 48.0 Å². The number of hydrogen-bond acceptors (Lipinski definition) is 8. The van der Waals surface area contributed by atoms with Crippen molar-refractivity contribution >= 4 is 38.9 Å². The van der Waals surface area contributed by atoms with Gasteiger partial charge in [0.25, 0.3) is 15.9 Å². The lowest BCUT2D eigenvalue weighted by Crippen LogP contribution is -2.28. The number of aromatic nitrogens is 3. The van der Waals surface area contributed by atoms with Crippen molar-refractivity contribution in [2.75, 3.05) is 18.5 Å². The fourth-order valence-corrected chi connectivity index (χ4v) is 4.37. The third-order valence-corrected chi connectivity index (χ3v) is 6.51. The minimum absolute atomic E-state index is 0.125. The van der Waals surface area contributed by atoms with Crippen LogP contribution in [0.2, 0.25) is 0 Å². The van der Waals surface area contributed by atoms with Crippen LogP contribution in [-0.2, 0) is 31.4 Å². The number of hydrogen-bond donors (Lipinski definition) is 2. The molecular weight excluding hydrogens is 454 g/mol. The summed E-state index contributed by atoms with van der Waals surface area (Å²) in [4.78, 5) is 32.3. The smallest absolute Gasteiger partial charge is 0.307 e. The Balaban J connectivity index is 1.43. The number of amides is 1. The van der Waals surface area contributed by atoms with Crippen molar-refractivity contribution in [3.05, 3.63) is 46.7 Å². The summed E-state index contributed by atoms with van der Waals surface area (Å²) >= 11 is 1.54. The molecule has 32 heavy (non-hydrogen) atoms. The molecule has 3 rings (SSSR count). The van der Waals surface area contributed by atoms with Crippen molar-refractivity contribution in [1.29, 1.82) is 0 Å². The van der Waals surface area contributed by atoms with Gasteiger partial charge in [-0.25, -0.2) is 23.1 Å². The SMILES string of the molecule is Cc1nc(-c2cccc(NC(=O)COC(=O)CCNS(=O)(=O)c3cn(C)c(C)n3)c2)cs1. The molecule has 10 nitrogen and oxygen atoms in total. The third-order valence-electron chi connectivity index (χ3n) is 4.41. The van der Waals surface area contributed by atoms with E-state index in [-0.39, 0.29) is 18.0 Å². The van der Waals surface area contributed by atoms with Crippen LogP contribution in [0.3, 0.4) is 0 Å². The average Bonchev–Trinajstić information content (AvgIpc) is 3.32. The molecule has 1 aromatic carbocycles. The maximum Gasteiger partial charge on any atom is 0.307 e. The van der Waals surface area contributed by atoms with Crippen molar-refractivity contribution in [2.45, 2.75) is 25.3 Å². The van der Waals surface area contributed by atoms with E-state index in [2.05, 4.69) is 20.0 Å². The summed E-state index contributed by atoms with van der Waals surface area (Å²) in [6.45, 7) is 2.94. The summed E-state index contributed by atoms with van der Waals surface area (Å²) in [5.41, 5.74) is 2.23. The number of ether oxygens (including phenoxy) is 1. The highest BCUT2D eigenvalue weighted by molar-refractivity contribution is 7.89. The van der Waals surface area contributed by atoms with E-state index in [1.54, 1.807) is 36.7 Å². The minimum atomic E-state index is -3.83. The molecule has 1 amide bonds. The van der Waals surface area contributed by atoms with Gasteiger partial charge in [-0.15, -0.1) is 11.3 Å². The minimum Gasteiger partial charge on any atom is -0.456 e. The van der Waals surface area contributed by atoms with E-state index >= 15 is 0 Å². The molecule has 2 aromatic heterocycles. The summed E-state index contributed by atoms with van der Waals surface area (Å²) in [6, 6.07) is 7.18. The molecule has 0 atom stereocenters. The van der Waals surface area contributed by atoms with Gasteiger partial charge in [-0.05, 0) is 26.0 Å². The Bertz CT molecular complexity index is 1210. The molecule has 170 valence electrons.